The first-order valence-electron chi connectivity index (χ1n) is 7.24. The van der Waals surface area contributed by atoms with Crippen molar-refractivity contribution in [1.82, 2.24) is 0 Å². The number of aryl methyl sites for hydroxylation is 1. The van der Waals surface area contributed by atoms with E-state index in [2.05, 4.69) is 0 Å². The van der Waals surface area contributed by atoms with Crippen LogP contribution in [-0.2, 0) is 13.2 Å². The highest BCUT2D eigenvalue weighted by molar-refractivity contribution is 5.68. The van der Waals surface area contributed by atoms with E-state index < -0.39 is 0 Å². The van der Waals surface area contributed by atoms with Gasteiger partial charge < -0.3 is 14.3 Å². The summed E-state index contributed by atoms with van der Waals surface area (Å²) in [5.74, 6) is 2.26. The van der Waals surface area contributed by atoms with Crippen molar-refractivity contribution in [2.24, 2.45) is 0 Å². The monoisotopic (exact) mass is 294 g/mol. The molecule has 1 heterocycles. The van der Waals surface area contributed by atoms with Crippen molar-refractivity contribution in [1.29, 1.82) is 0 Å². The Kier molecular flexibility index (Phi) is 4.26. The van der Waals surface area contributed by atoms with Crippen LogP contribution in [0.4, 0.5) is 0 Å². The van der Waals surface area contributed by atoms with Crippen molar-refractivity contribution in [3.8, 4) is 17.1 Å². The summed E-state index contributed by atoms with van der Waals surface area (Å²) < 4.78 is 11.7. The van der Waals surface area contributed by atoms with Crippen LogP contribution in [0.3, 0.4) is 0 Å². The third kappa shape index (κ3) is 3.05. The molecule has 0 amide bonds. The third-order valence-electron chi connectivity index (χ3n) is 3.50. The Morgan fingerprint density at radius 1 is 0.955 bits per heavy atom. The highest BCUT2D eigenvalue weighted by Crippen LogP contribution is 2.35. The van der Waals surface area contributed by atoms with Gasteiger partial charge >= 0.3 is 0 Å². The molecule has 2 aromatic carbocycles. The van der Waals surface area contributed by atoms with Gasteiger partial charge in [-0.1, -0.05) is 42.5 Å². The van der Waals surface area contributed by atoms with Crippen LogP contribution in [0.15, 0.2) is 65.1 Å². The van der Waals surface area contributed by atoms with Crippen molar-refractivity contribution in [3.63, 3.8) is 0 Å². The summed E-state index contributed by atoms with van der Waals surface area (Å²) in [6.07, 6.45) is 0. The van der Waals surface area contributed by atoms with Crippen LogP contribution in [0.5, 0.6) is 5.75 Å². The molecule has 1 N–H and O–H groups in total. The van der Waals surface area contributed by atoms with Gasteiger partial charge in [0, 0.05) is 5.56 Å². The van der Waals surface area contributed by atoms with Gasteiger partial charge in [-0.05, 0) is 30.7 Å². The fourth-order valence-electron chi connectivity index (χ4n) is 2.38. The average Bonchev–Trinajstić information content (AvgIpc) is 3.00. The Balaban J connectivity index is 1.94. The molecule has 1 aromatic heterocycles. The van der Waals surface area contributed by atoms with Crippen molar-refractivity contribution in [3.05, 3.63) is 77.6 Å². The quantitative estimate of drug-likeness (QED) is 0.761. The summed E-state index contributed by atoms with van der Waals surface area (Å²) in [4.78, 5) is 0. The second-order valence-electron chi connectivity index (χ2n) is 5.14. The van der Waals surface area contributed by atoms with E-state index in [0.29, 0.717) is 12.4 Å². The third-order valence-corrected chi connectivity index (χ3v) is 3.50. The second-order valence-corrected chi connectivity index (χ2v) is 5.14. The maximum atomic E-state index is 9.58. The number of hydrogen-bond acceptors (Lipinski definition) is 3. The SMILES string of the molecule is Cc1ccc(-c2cccc(CO)c2OCc2ccccc2)o1. The van der Waals surface area contributed by atoms with E-state index in [9.17, 15) is 5.11 Å². The van der Waals surface area contributed by atoms with Crippen LogP contribution >= 0.6 is 0 Å². The van der Waals surface area contributed by atoms with Crippen molar-refractivity contribution in [2.45, 2.75) is 20.1 Å². The fraction of sp³-hybridized carbons (Fsp3) is 0.158. The summed E-state index contributed by atoms with van der Waals surface area (Å²) >= 11 is 0. The van der Waals surface area contributed by atoms with E-state index in [1.807, 2.05) is 67.6 Å². The molecule has 3 aromatic rings. The van der Waals surface area contributed by atoms with Crippen LogP contribution in [0, 0.1) is 6.92 Å². The van der Waals surface area contributed by atoms with E-state index in [0.717, 1.165) is 28.2 Å². The smallest absolute Gasteiger partial charge is 0.137 e. The molecule has 0 saturated heterocycles. The molecular weight excluding hydrogens is 276 g/mol. The minimum Gasteiger partial charge on any atom is -0.488 e. The molecule has 0 radical (unpaired) electrons. The maximum absolute atomic E-state index is 9.58. The first-order chi connectivity index (χ1) is 10.8. The van der Waals surface area contributed by atoms with E-state index in [4.69, 9.17) is 9.15 Å². The van der Waals surface area contributed by atoms with Crippen LogP contribution in [0.2, 0.25) is 0 Å². The van der Waals surface area contributed by atoms with Gasteiger partial charge in [-0.2, -0.15) is 0 Å². The van der Waals surface area contributed by atoms with Gasteiger partial charge in [-0.3, -0.25) is 0 Å². The Morgan fingerprint density at radius 3 is 2.45 bits per heavy atom. The molecule has 22 heavy (non-hydrogen) atoms. The van der Waals surface area contributed by atoms with E-state index in [-0.39, 0.29) is 6.61 Å². The Bertz CT molecular complexity index is 744. The van der Waals surface area contributed by atoms with E-state index in [1.165, 1.54) is 0 Å². The lowest BCUT2D eigenvalue weighted by Crippen LogP contribution is -2.00. The molecule has 0 atom stereocenters. The maximum Gasteiger partial charge on any atom is 0.137 e. The number of ether oxygens (including phenoxy) is 1. The molecule has 0 fully saturated rings. The predicted octanol–water partition coefficient (Wildman–Crippen LogP) is 4.33. The first-order valence-corrected chi connectivity index (χ1v) is 7.24. The van der Waals surface area contributed by atoms with Crippen LogP contribution in [0.25, 0.3) is 11.3 Å². The molecule has 0 aliphatic heterocycles. The summed E-state index contributed by atoms with van der Waals surface area (Å²) in [5, 5.41) is 9.58. The molecule has 0 saturated carbocycles. The zero-order valence-corrected chi connectivity index (χ0v) is 12.5. The molecule has 3 nitrogen and oxygen atoms in total. The largest absolute Gasteiger partial charge is 0.488 e. The van der Waals surface area contributed by atoms with E-state index in [1.54, 1.807) is 0 Å². The normalized spacial score (nSPS) is 10.6. The number of aliphatic hydroxyl groups excluding tert-OH is 1. The molecule has 3 heteroatoms. The van der Waals surface area contributed by atoms with Gasteiger partial charge in [0.25, 0.3) is 0 Å². The molecule has 112 valence electrons. The lowest BCUT2D eigenvalue weighted by Gasteiger charge is -2.14. The van der Waals surface area contributed by atoms with Crippen LogP contribution in [0.1, 0.15) is 16.9 Å². The highest BCUT2D eigenvalue weighted by Gasteiger charge is 2.14. The zero-order chi connectivity index (χ0) is 15.4. The standard InChI is InChI=1S/C19H18O3/c1-14-10-11-18(22-14)17-9-5-8-16(12-20)19(17)21-13-15-6-3-2-4-7-15/h2-11,20H,12-13H2,1H3. The van der Waals surface area contributed by atoms with Gasteiger partial charge in [-0.15, -0.1) is 0 Å². The topological polar surface area (TPSA) is 42.6 Å². The lowest BCUT2D eigenvalue weighted by atomic mass is 10.1. The second kappa shape index (κ2) is 6.50. The molecule has 0 aliphatic carbocycles. The molecule has 0 bridgehead atoms. The molecule has 0 unspecified atom stereocenters. The highest BCUT2D eigenvalue weighted by atomic mass is 16.5. The van der Waals surface area contributed by atoms with Crippen molar-refractivity contribution >= 4 is 0 Å². The van der Waals surface area contributed by atoms with Gasteiger partial charge in [0.2, 0.25) is 0 Å². The number of rotatable bonds is 5. The molecule has 3 rings (SSSR count). The molecule has 0 aliphatic rings. The minimum atomic E-state index is -0.0718. The van der Waals surface area contributed by atoms with Crippen molar-refractivity contribution in [2.75, 3.05) is 0 Å². The predicted molar refractivity (Wildman–Crippen MR) is 85.6 cm³/mol. The Morgan fingerprint density at radius 2 is 1.77 bits per heavy atom. The summed E-state index contributed by atoms with van der Waals surface area (Å²) in [6, 6.07) is 19.5. The minimum absolute atomic E-state index is 0.0718. The lowest BCUT2D eigenvalue weighted by molar-refractivity contribution is 0.259. The van der Waals surface area contributed by atoms with Gasteiger partial charge in [0.05, 0.1) is 12.2 Å². The number of benzene rings is 2. The van der Waals surface area contributed by atoms with Crippen LogP contribution in [-0.4, -0.2) is 5.11 Å². The number of furan rings is 1. The van der Waals surface area contributed by atoms with Crippen LogP contribution < -0.4 is 4.74 Å². The zero-order valence-electron chi connectivity index (χ0n) is 12.5. The van der Waals surface area contributed by atoms with Gasteiger partial charge in [-0.25, -0.2) is 0 Å². The van der Waals surface area contributed by atoms with E-state index >= 15 is 0 Å². The van der Waals surface area contributed by atoms with Gasteiger partial charge in [0.15, 0.2) is 0 Å². The molecular formula is C19H18O3. The molecule has 0 spiro atoms. The number of para-hydroxylation sites is 1. The van der Waals surface area contributed by atoms with Crippen molar-refractivity contribution < 1.29 is 14.3 Å². The summed E-state index contributed by atoms with van der Waals surface area (Å²) in [6.45, 7) is 2.28. The Hall–Kier alpha value is -2.52. The number of aliphatic hydroxyl groups is 1. The average molecular weight is 294 g/mol. The summed E-state index contributed by atoms with van der Waals surface area (Å²) in [7, 11) is 0. The number of hydrogen-bond donors (Lipinski definition) is 1. The first kappa shape index (κ1) is 14.4. The Labute approximate surface area is 129 Å². The summed E-state index contributed by atoms with van der Waals surface area (Å²) in [5.41, 5.74) is 2.69. The van der Waals surface area contributed by atoms with Gasteiger partial charge in [0.1, 0.15) is 23.9 Å². The fourth-order valence-corrected chi connectivity index (χ4v) is 2.38.